The quantitative estimate of drug-likeness (QED) is 0.222. The Labute approximate surface area is 215 Å². The van der Waals surface area contributed by atoms with E-state index in [-0.39, 0.29) is 23.9 Å². The highest BCUT2D eigenvalue weighted by Crippen LogP contribution is 2.32. The lowest BCUT2D eigenvalue weighted by atomic mass is 10.1. The Kier molecular flexibility index (Phi) is 8.45. The fourth-order valence-corrected chi connectivity index (χ4v) is 4.47. The molecule has 0 bridgehead atoms. The molecule has 1 unspecified atom stereocenters. The maximum Gasteiger partial charge on any atom is 0.416 e. The van der Waals surface area contributed by atoms with Gasteiger partial charge in [0.05, 0.1) is 11.1 Å². The number of hydrogen-bond acceptors (Lipinski definition) is 4. The maximum atomic E-state index is 13.1. The zero-order valence-electron chi connectivity index (χ0n) is 20.2. The molecule has 5 nitrogen and oxygen atoms in total. The minimum atomic E-state index is -4.74. The summed E-state index contributed by atoms with van der Waals surface area (Å²) in [4.78, 5) is 13.8. The minimum Gasteiger partial charge on any atom is -0.379 e. The van der Waals surface area contributed by atoms with Crippen molar-refractivity contribution in [1.29, 1.82) is 0 Å². The highest BCUT2D eigenvalue weighted by atomic mass is 32.2. The molecular formula is C26H23F6NO4S. The Morgan fingerprint density at radius 2 is 1.42 bits per heavy atom. The van der Waals surface area contributed by atoms with Gasteiger partial charge < -0.3 is 9.08 Å². The molecule has 0 saturated heterocycles. The highest BCUT2D eigenvalue weighted by Gasteiger charge is 2.33. The van der Waals surface area contributed by atoms with Crippen LogP contribution in [-0.4, -0.2) is 25.3 Å². The van der Waals surface area contributed by atoms with Crippen molar-refractivity contribution in [2.24, 2.45) is 0 Å². The molecule has 204 valence electrons. The van der Waals surface area contributed by atoms with E-state index in [9.17, 15) is 39.6 Å². The van der Waals surface area contributed by atoms with Gasteiger partial charge in [-0.3, -0.25) is 4.79 Å². The average Bonchev–Trinajstić information content (AvgIpc) is 2.86. The van der Waals surface area contributed by atoms with Crippen molar-refractivity contribution in [3.63, 3.8) is 0 Å². The topological polar surface area (TPSA) is 63.7 Å². The number of hydrogen-bond donors (Lipinski definition) is 0. The van der Waals surface area contributed by atoms with Crippen LogP contribution in [0.5, 0.6) is 5.75 Å². The second-order valence-corrected chi connectivity index (χ2v) is 10.0. The number of carbonyl (C=O) groups excluding carboxylic acids is 1. The SMILES string of the molecule is CCC(C)N(Cc1ccc(OS(=O)(=O)c2cccc(C(F)(F)F)c2)cc1)C(=O)c1cccc(C(F)(F)F)c1. The van der Waals surface area contributed by atoms with Crippen LogP contribution in [0.1, 0.15) is 47.3 Å². The van der Waals surface area contributed by atoms with E-state index in [1.54, 1.807) is 6.92 Å². The Morgan fingerprint density at radius 3 is 1.97 bits per heavy atom. The Balaban J connectivity index is 1.80. The molecule has 0 heterocycles. The van der Waals surface area contributed by atoms with Gasteiger partial charge in [0.15, 0.2) is 0 Å². The van der Waals surface area contributed by atoms with Gasteiger partial charge in [-0.25, -0.2) is 0 Å². The number of alkyl halides is 6. The summed E-state index contributed by atoms with van der Waals surface area (Å²) in [5.74, 6) is -0.789. The maximum absolute atomic E-state index is 13.1. The van der Waals surface area contributed by atoms with Crippen LogP contribution in [0, 0.1) is 0 Å². The van der Waals surface area contributed by atoms with E-state index >= 15 is 0 Å². The van der Waals surface area contributed by atoms with Crippen molar-refractivity contribution in [2.45, 2.75) is 50.1 Å². The first-order chi connectivity index (χ1) is 17.6. The predicted molar refractivity (Wildman–Crippen MR) is 127 cm³/mol. The smallest absolute Gasteiger partial charge is 0.379 e. The molecule has 3 aromatic rings. The summed E-state index contributed by atoms with van der Waals surface area (Å²) >= 11 is 0. The first-order valence-electron chi connectivity index (χ1n) is 11.3. The van der Waals surface area contributed by atoms with Gasteiger partial charge in [0.1, 0.15) is 10.6 Å². The van der Waals surface area contributed by atoms with Gasteiger partial charge in [-0.15, -0.1) is 0 Å². The number of carbonyl (C=O) groups is 1. The third-order valence-corrected chi connectivity index (χ3v) is 7.00. The van der Waals surface area contributed by atoms with Crippen molar-refractivity contribution in [3.05, 3.63) is 95.1 Å². The van der Waals surface area contributed by atoms with Crippen LogP contribution < -0.4 is 4.18 Å². The largest absolute Gasteiger partial charge is 0.416 e. The van der Waals surface area contributed by atoms with Gasteiger partial charge in [0.25, 0.3) is 5.91 Å². The van der Waals surface area contributed by atoms with E-state index in [0.29, 0.717) is 18.1 Å². The van der Waals surface area contributed by atoms with Gasteiger partial charge in [-0.2, -0.15) is 34.8 Å². The van der Waals surface area contributed by atoms with Gasteiger partial charge in [0.2, 0.25) is 0 Å². The normalized spacial score (nSPS) is 13.2. The lowest BCUT2D eigenvalue weighted by molar-refractivity contribution is -0.138. The first kappa shape index (κ1) is 29.0. The van der Waals surface area contributed by atoms with E-state index in [1.807, 2.05) is 6.92 Å². The zero-order chi connectivity index (χ0) is 28.3. The molecule has 0 radical (unpaired) electrons. The van der Waals surface area contributed by atoms with Crippen LogP contribution in [0.2, 0.25) is 0 Å². The molecule has 0 aromatic heterocycles. The molecule has 12 heteroatoms. The molecule has 0 aliphatic rings. The number of amides is 1. The predicted octanol–water partition coefficient (Wildman–Crippen LogP) is 6.93. The summed E-state index contributed by atoms with van der Waals surface area (Å²) in [7, 11) is -4.57. The molecule has 0 aliphatic carbocycles. The van der Waals surface area contributed by atoms with Crippen LogP contribution >= 0.6 is 0 Å². The molecule has 0 spiro atoms. The molecular weight excluding hydrogens is 536 g/mol. The zero-order valence-corrected chi connectivity index (χ0v) is 21.0. The summed E-state index contributed by atoms with van der Waals surface area (Å²) in [6.45, 7) is 3.56. The van der Waals surface area contributed by atoms with E-state index in [0.717, 1.165) is 36.4 Å². The summed E-state index contributed by atoms with van der Waals surface area (Å²) in [6.07, 6.45) is -8.83. The van der Waals surface area contributed by atoms with Crippen LogP contribution in [-0.2, 0) is 29.0 Å². The van der Waals surface area contributed by atoms with Gasteiger partial charge >= 0.3 is 22.5 Å². The Bertz CT molecular complexity index is 1390. The van der Waals surface area contributed by atoms with Crippen molar-refractivity contribution in [3.8, 4) is 5.75 Å². The monoisotopic (exact) mass is 559 g/mol. The summed E-state index contributed by atoms with van der Waals surface area (Å²) in [6, 6.07) is 12.3. The molecule has 1 atom stereocenters. The number of rotatable bonds is 8. The summed E-state index contributed by atoms with van der Waals surface area (Å²) < 4.78 is 108. The molecule has 0 N–H and O–H groups in total. The second kappa shape index (κ2) is 11.1. The standard InChI is InChI=1S/C26H23F6NO4S/c1-3-17(2)33(24(34)19-6-4-7-20(14-19)25(27,28)29)16-18-10-12-22(13-11-18)37-38(35,36)23-9-5-8-21(15-23)26(30,31)32/h4-15,17H,3,16H2,1-2H3. The van der Waals surface area contributed by atoms with E-state index < -0.39 is 44.4 Å². The minimum absolute atomic E-state index is 0.00471. The average molecular weight is 560 g/mol. The summed E-state index contributed by atoms with van der Waals surface area (Å²) in [5, 5.41) is 0. The molecule has 0 fully saturated rings. The summed E-state index contributed by atoms with van der Waals surface area (Å²) in [5.41, 5.74) is -1.70. The van der Waals surface area contributed by atoms with Crippen molar-refractivity contribution < 1.29 is 43.7 Å². The molecule has 3 rings (SSSR count). The number of nitrogens with zero attached hydrogens (tertiary/aromatic N) is 1. The lowest BCUT2D eigenvalue weighted by Gasteiger charge is -2.29. The van der Waals surface area contributed by atoms with Crippen LogP contribution in [0.3, 0.4) is 0 Å². The fraction of sp³-hybridized carbons (Fsp3) is 0.269. The third-order valence-electron chi connectivity index (χ3n) is 5.75. The van der Waals surface area contributed by atoms with E-state index in [2.05, 4.69) is 0 Å². The van der Waals surface area contributed by atoms with Gasteiger partial charge in [-0.1, -0.05) is 31.2 Å². The van der Waals surface area contributed by atoms with Gasteiger partial charge in [0, 0.05) is 18.2 Å². The molecule has 0 aliphatic heterocycles. The Morgan fingerprint density at radius 1 is 0.868 bits per heavy atom. The second-order valence-electron chi connectivity index (χ2n) is 8.48. The first-order valence-corrected chi connectivity index (χ1v) is 12.7. The fourth-order valence-electron chi connectivity index (χ4n) is 3.49. The van der Waals surface area contributed by atoms with Crippen LogP contribution in [0.4, 0.5) is 26.3 Å². The number of halogens is 6. The van der Waals surface area contributed by atoms with Crippen molar-refractivity contribution >= 4 is 16.0 Å². The van der Waals surface area contributed by atoms with Crippen LogP contribution in [0.25, 0.3) is 0 Å². The van der Waals surface area contributed by atoms with E-state index in [4.69, 9.17) is 4.18 Å². The molecule has 3 aromatic carbocycles. The van der Waals surface area contributed by atoms with Crippen molar-refractivity contribution in [2.75, 3.05) is 0 Å². The third kappa shape index (κ3) is 7.06. The molecule has 0 saturated carbocycles. The molecule has 38 heavy (non-hydrogen) atoms. The highest BCUT2D eigenvalue weighted by molar-refractivity contribution is 7.87. The van der Waals surface area contributed by atoms with Crippen molar-refractivity contribution in [1.82, 2.24) is 4.90 Å². The van der Waals surface area contributed by atoms with Crippen LogP contribution in [0.15, 0.2) is 77.7 Å². The van der Waals surface area contributed by atoms with E-state index in [1.165, 1.54) is 35.2 Å². The number of benzene rings is 3. The van der Waals surface area contributed by atoms with Gasteiger partial charge in [-0.05, 0) is 67.4 Å². The lowest BCUT2D eigenvalue weighted by Crippen LogP contribution is -2.37. The molecule has 1 amide bonds. The Hall–Kier alpha value is -3.54.